The molecule has 0 amide bonds. The predicted octanol–water partition coefficient (Wildman–Crippen LogP) is -4.05. The van der Waals surface area contributed by atoms with E-state index in [0.717, 1.165) is 0 Å². The molecule has 0 aliphatic rings. The number of carbonyl (C=O) groups excluding carboxylic acids is 3. The van der Waals surface area contributed by atoms with Crippen LogP contribution in [0.1, 0.15) is 31.1 Å². The molecule has 0 saturated carbocycles. The fraction of sp³-hybridized carbons (Fsp3) is 0. The first-order chi connectivity index (χ1) is 12.9. The molecule has 0 radical (unpaired) electrons. The summed E-state index contributed by atoms with van der Waals surface area (Å²) in [5.74, 6) is -3.39. The Kier molecular flexibility index (Phi) is 21.2. The Morgan fingerprint density at radius 2 is 0.633 bits per heavy atom. The SMILES string of the molecule is O.O=C([O-])c1ccccc1.O=C([O-])c1ccccc1.O=C([O-])c1ccccc1.[Ca+2].[Na+]. The van der Waals surface area contributed by atoms with Gasteiger partial charge in [0.25, 0.3) is 0 Å². The van der Waals surface area contributed by atoms with Gasteiger partial charge in [0, 0.05) is 0 Å². The summed E-state index contributed by atoms with van der Waals surface area (Å²) in [6, 6.07) is 24.2. The van der Waals surface area contributed by atoms with Crippen molar-refractivity contribution in [2.24, 2.45) is 0 Å². The van der Waals surface area contributed by atoms with Gasteiger partial charge in [-0.05, 0) is 16.7 Å². The van der Waals surface area contributed by atoms with Crippen LogP contribution in [0.4, 0.5) is 0 Å². The van der Waals surface area contributed by atoms with Gasteiger partial charge in [-0.25, -0.2) is 0 Å². The molecule has 9 heteroatoms. The molecule has 0 fully saturated rings. The maximum atomic E-state index is 10.1. The van der Waals surface area contributed by atoms with Gasteiger partial charge in [-0.1, -0.05) is 91.0 Å². The van der Waals surface area contributed by atoms with Crippen molar-refractivity contribution < 1.29 is 64.7 Å². The molecular formula is C21H17CaNaO7. The zero-order valence-corrected chi connectivity index (χ0v) is 20.5. The molecule has 0 bridgehead atoms. The topological polar surface area (TPSA) is 152 Å². The maximum Gasteiger partial charge on any atom is 2.00 e. The summed E-state index contributed by atoms with van der Waals surface area (Å²) in [6.45, 7) is 0. The van der Waals surface area contributed by atoms with Gasteiger partial charge in [0.1, 0.15) is 0 Å². The van der Waals surface area contributed by atoms with Crippen LogP contribution in [0.3, 0.4) is 0 Å². The Hall–Kier alpha value is -1.71. The van der Waals surface area contributed by atoms with E-state index in [1.807, 2.05) is 0 Å². The second-order valence-electron chi connectivity index (χ2n) is 4.96. The standard InChI is InChI=1S/3C7H6O2.Ca.Na.H2O/c3*8-7(9)6-4-2-1-3-5-6;;;/h3*1-5H,(H,8,9);;;1H2/q;;;+2;+1;/p-3. The van der Waals surface area contributed by atoms with Gasteiger partial charge in [-0.15, -0.1) is 0 Å². The van der Waals surface area contributed by atoms with Crippen LogP contribution in [-0.2, 0) is 0 Å². The average Bonchev–Trinajstić information content (AvgIpc) is 2.71. The maximum absolute atomic E-state index is 10.1. The second-order valence-corrected chi connectivity index (χ2v) is 4.96. The molecule has 3 aromatic carbocycles. The fourth-order valence-electron chi connectivity index (χ4n) is 1.72. The summed E-state index contributed by atoms with van der Waals surface area (Å²) in [5.41, 5.74) is 0.660. The third-order valence-electron chi connectivity index (χ3n) is 3.03. The number of hydrogen-bond acceptors (Lipinski definition) is 6. The van der Waals surface area contributed by atoms with E-state index in [9.17, 15) is 29.7 Å². The van der Waals surface area contributed by atoms with Crippen molar-refractivity contribution in [3.05, 3.63) is 108 Å². The van der Waals surface area contributed by atoms with Crippen LogP contribution in [-0.4, -0.2) is 61.1 Å². The number of hydrogen-bond donors (Lipinski definition) is 0. The van der Waals surface area contributed by atoms with Gasteiger partial charge in [0.05, 0.1) is 17.9 Å². The molecule has 30 heavy (non-hydrogen) atoms. The first-order valence-corrected chi connectivity index (χ1v) is 7.71. The van der Waals surface area contributed by atoms with Crippen molar-refractivity contribution in [2.45, 2.75) is 0 Å². The van der Waals surface area contributed by atoms with Crippen LogP contribution >= 0.6 is 0 Å². The number of carbonyl (C=O) groups is 3. The van der Waals surface area contributed by atoms with Gasteiger partial charge in [0.15, 0.2) is 0 Å². The Balaban J connectivity index is -0.000000347. The minimum atomic E-state index is -1.13. The van der Waals surface area contributed by atoms with Crippen LogP contribution in [0.2, 0.25) is 0 Å². The molecule has 146 valence electrons. The molecular weight excluding hydrogens is 427 g/mol. The summed E-state index contributed by atoms with van der Waals surface area (Å²) in [7, 11) is 0. The summed E-state index contributed by atoms with van der Waals surface area (Å²) < 4.78 is 0. The predicted molar refractivity (Wildman–Crippen MR) is 102 cm³/mol. The third kappa shape index (κ3) is 14.3. The first kappa shape index (κ1) is 32.9. The van der Waals surface area contributed by atoms with Crippen molar-refractivity contribution >= 4 is 55.6 Å². The number of carboxylic acid groups (broad SMARTS) is 3. The molecule has 2 N–H and O–H groups in total. The number of benzene rings is 3. The Morgan fingerprint density at radius 1 is 0.467 bits per heavy atom. The van der Waals surface area contributed by atoms with Gasteiger partial charge < -0.3 is 35.2 Å². The van der Waals surface area contributed by atoms with Crippen molar-refractivity contribution in [3.8, 4) is 0 Å². The van der Waals surface area contributed by atoms with Crippen LogP contribution in [0.5, 0.6) is 0 Å². The fourth-order valence-corrected chi connectivity index (χ4v) is 1.72. The van der Waals surface area contributed by atoms with E-state index in [1.54, 1.807) is 54.6 Å². The Bertz CT molecular complexity index is 743. The zero-order chi connectivity index (χ0) is 20.1. The zero-order valence-electron chi connectivity index (χ0n) is 16.3. The molecule has 3 aromatic rings. The molecule has 7 nitrogen and oxygen atoms in total. The molecule has 0 unspecified atom stereocenters. The van der Waals surface area contributed by atoms with Gasteiger partial charge >= 0.3 is 67.3 Å². The molecule has 0 saturated heterocycles. The second kappa shape index (κ2) is 19.3. The Labute approximate surface area is 226 Å². The quantitative estimate of drug-likeness (QED) is 0.375. The minimum Gasteiger partial charge on any atom is -0.545 e. The van der Waals surface area contributed by atoms with Crippen LogP contribution in [0.15, 0.2) is 91.0 Å². The number of aromatic carboxylic acids is 3. The van der Waals surface area contributed by atoms with Gasteiger partial charge in [-0.3, -0.25) is 0 Å². The monoisotopic (exact) mass is 444 g/mol. The van der Waals surface area contributed by atoms with Gasteiger partial charge in [0.2, 0.25) is 0 Å². The summed E-state index contributed by atoms with van der Waals surface area (Å²) in [6.07, 6.45) is 0. The van der Waals surface area contributed by atoms with E-state index in [4.69, 9.17) is 0 Å². The largest absolute Gasteiger partial charge is 2.00 e. The minimum absolute atomic E-state index is 0. The summed E-state index contributed by atoms with van der Waals surface area (Å²) >= 11 is 0. The molecule has 0 spiro atoms. The van der Waals surface area contributed by atoms with E-state index < -0.39 is 17.9 Å². The molecule has 0 aromatic heterocycles. The normalized spacial score (nSPS) is 8.00. The van der Waals surface area contributed by atoms with Crippen molar-refractivity contribution in [3.63, 3.8) is 0 Å². The van der Waals surface area contributed by atoms with E-state index in [1.165, 1.54) is 36.4 Å². The molecule has 3 rings (SSSR count). The van der Waals surface area contributed by atoms with E-state index in [2.05, 4.69) is 0 Å². The Morgan fingerprint density at radius 3 is 0.733 bits per heavy atom. The van der Waals surface area contributed by atoms with Gasteiger partial charge in [-0.2, -0.15) is 0 Å². The molecule has 0 aliphatic heterocycles. The van der Waals surface area contributed by atoms with E-state index in [-0.39, 0.29) is 89.5 Å². The third-order valence-corrected chi connectivity index (χ3v) is 3.03. The molecule has 0 atom stereocenters. The van der Waals surface area contributed by atoms with Crippen LogP contribution < -0.4 is 44.9 Å². The molecule has 0 aliphatic carbocycles. The molecule has 0 heterocycles. The van der Waals surface area contributed by atoms with Crippen molar-refractivity contribution in [1.82, 2.24) is 0 Å². The van der Waals surface area contributed by atoms with Crippen molar-refractivity contribution in [1.29, 1.82) is 0 Å². The first-order valence-electron chi connectivity index (χ1n) is 7.71. The average molecular weight is 444 g/mol. The smallest absolute Gasteiger partial charge is 0.545 e. The summed E-state index contributed by atoms with van der Waals surface area (Å²) in [5, 5.41) is 30.3. The van der Waals surface area contributed by atoms with E-state index in [0.29, 0.717) is 0 Å². The summed E-state index contributed by atoms with van der Waals surface area (Å²) in [4.78, 5) is 30.3. The number of rotatable bonds is 3. The van der Waals surface area contributed by atoms with Crippen LogP contribution in [0.25, 0.3) is 0 Å². The van der Waals surface area contributed by atoms with Crippen molar-refractivity contribution in [2.75, 3.05) is 0 Å². The number of carboxylic acids is 3. The van der Waals surface area contributed by atoms with E-state index >= 15 is 0 Å². The van der Waals surface area contributed by atoms with Crippen LogP contribution in [0, 0.1) is 0 Å².